The van der Waals surface area contributed by atoms with Crippen molar-refractivity contribution in [2.45, 2.75) is 13.0 Å². The minimum Gasteiger partial charge on any atom is -0.493 e. The molecule has 0 saturated carbocycles. The van der Waals surface area contributed by atoms with Gasteiger partial charge in [-0.1, -0.05) is 0 Å². The highest BCUT2D eigenvalue weighted by molar-refractivity contribution is 6.14. The summed E-state index contributed by atoms with van der Waals surface area (Å²) in [6.07, 6.45) is 1.55. The first-order chi connectivity index (χ1) is 15.8. The molecule has 0 aromatic heterocycles. The summed E-state index contributed by atoms with van der Waals surface area (Å²) in [5, 5.41) is 11.1. The average Bonchev–Trinajstić information content (AvgIpc) is 3.11. The van der Waals surface area contributed by atoms with Crippen molar-refractivity contribution in [3.8, 4) is 28.7 Å². The Morgan fingerprint density at radius 2 is 1.76 bits per heavy atom. The van der Waals surface area contributed by atoms with Crippen LogP contribution in [0.25, 0.3) is 6.08 Å². The molecule has 10 heteroatoms. The number of carboxylic acids is 1. The lowest BCUT2D eigenvalue weighted by atomic mass is 10.1. The molecule has 0 spiro atoms. The van der Waals surface area contributed by atoms with Crippen LogP contribution in [0.15, 0.2) is 36.1 Å². The van der Waals surface area contributed by atoms with Crippen LogP contribution in [0.3, 0.4) is 0 Å². The lowest BCUT2D eigenvalue weighted by Crippen LogP contribution is -2.40. The molecule has 2 N–H and O–H groups in total. The third-order valence-electron chi connectivity index (χ3n) is 4.74. The number of Topliss-reactive ketones (excluding diaryl/α,β-unsaturated/α-hetero) is 1. The Kier molecular flexibility index (Phi) is 7.07. The highest BCUT2D eigenvalue weighted by Crippen LogP contribution is 2.40. The van der Waals surface area contributed by atoms with E-state index in [0.29, 0.717) is 28.4 Å². The number of ether oxygens (including phenoxy) is 5. The van der Waals surface area contributed by atoms with Crippen molar-refractivity contribution in [3.63, 3.8) is 0 Å². The number of aliphatic carboxylic acids is 1. The van der Waals surface area contributed by atoms with E-state index in [1.54, 1.807) is 18.2 Å². The van der Waals surface area contributed by atoms with E-state index in [1.165, 1.54) is 46.5 Å². The maximum atomic E-state index is 12.8. The Hall–Kier alpha value is -4.21. The highest BCUT2D eigenvalue weighted by Gasteiger charge is 2.28. The number of allylic oxidation sites excluding steroid dienone is 1. The van der Waals surface area contributed by atoms with Crippen LogP contribution in [-0.2, 0) is 9.59 Å². The number of hydrogen-bond donors (Lipinski definition) is 2. The molecule has 3 rings (SSSR count). The minimum absolute atomic E-state index is 0.0875. The summed E-state index contributed by atoms with van der Waals surface area (Å²) in [5.41, 5.74) is 0.936. The molecule has 0 unspecified atom stereocenters. The summed E-state index contributed by atoms with van der Waals surface area (Å²) in [6, 6.07) is 6.86. The number of carbonyl (C=O) groups is 3. The van der Waals surface area contributed by atoms with E-state index >= 15 is 0 Å². The topological polar surface area (TPSA) is 130 Å². The van der Waals surface area contributed by atoms with E-state index in [1.807, 2.05) is 0 Å². The third kappa shape index (κ3) is 5.17. The molecule has 1 aliphatic heterocycles. The van der Waals surface area contributed by atoms with Crippen LogP contribution in [-0.4, -0.2) is 56.7 Å². The van der Waals surface area contributed by atoms with E-state index in [0.717, 1.165) is 0 Å². The normalized spacial score (nSPS) is 14.2. The summed E-state index contributed by atoms with van der Waals surface area (Å²) in [4.78, 5) is 35.4. The number of hydrogen-bond acceptors (Lipinski definition) is 8. The number of methoxy groups -OCH3 is 3. The van der Waals surface area contributed by atoms with E-state index in [2.05, 4.69) is 5.32 Å². The van der Waals surface area contributed by atoms with Gasteiger partial charge in [0.2, 0.25) is 11.5 Å². The summed E-state index contributed by atoms with van der Waals surface area (Å²) >= 11 is 0. The second kappa shape index (κ2) is 9.94. The van der Waals surface area contributed by atoms with Crippen LogP contribution in [0.1, 0.15) is 22.8 Å². The number of carbonyl (C=O) groups excluding carboxylic acids is 2. The fourth-order valence-corrected chi connectivity index (χ4v) is 3.09. The first kappa shape index (κ1) is 23.5. The van der Waals surface area contributed by atoms with Gasteiger partial charge in [-0.15, -0.1) is 0 Å². The fourth-order valence-electron chi connectivity index (χ4n) is 3.09. The Bertz CT molecular complexity index is 1100. The van der Waals surface area contributed by atoms with Gasteiger partial charge in [0.25, 0.3) is 5.91 Å². The molecule has 10 nitrogen and oxygen atoms in total. The monoisotopic (exact) mass is 457 g/mol. The van der Waals surface area contributed by atoms with Gasteiger partial charge in [-0.05, 0) is 42.8 Å². The number of fused-ring (bicyclic) bond motifs is 1. The van der Waals surface area contributed by atoms with E-state index in [9.17, 15) is 14.4 Å². The lowest BCUT2D eigenvalue weighted by Gasteiger charge is -2.13. The number of benzene rings is 2. The fraction of sp³-hybridized carbons (Fsp3) is 0.261. The lowest BCUT2D eigenvalue weighted by molar-refractivity contribution is -0.141. The van der Waals surface area contributed by atoms with Crippen LogP contribution in [0, 0.1) is 0 Å². The van der Waals surface area contributed by atoms with Gasteiger partial charge in [0, 0.05) is 6.07 Å². The van der Waals surface area contributed by atoms with Crippen LogP contribution in [0.4, 0.5) is 0 Å². The van der Waals surface area contributed by atoms with E-state index < -0.39 is 24.5 Å². The quantitative estimate of drug-likeness (QED) is 0.545. The Balaban J connectivity index is 1.76. The molecule has 174 valence electrons. The van der Waals surface area contributed by atoms with Crippen LogP contribution in [0.2, 0.25) is 0 Å². The minimum atomic E-state index is -1.15. The van der Waals surface area contributed by atoms with E-state index in [4.69, 9.17) is 28.8 Å². The number of rotatable bonds is 9. The molecule has 0 fully saturated rings. The molecule has 0 saturated heterocycles. The van der Waals surface area contributed by atoms with Gasteiger partial charge < -0.3 is 34.1 Å². The molecule has 1 heterocycles. The zero-order chi connectivity index (χ0) is 24.1. The SMILES string of the molecule is COc1cc(C=C2Oc3cc(OCC(=O)N[C@@H](C)C(=O)O)ccc3C2=O)cc(OC)c1OC. The second-order valence-corrected chi connectivity index (χ2v) is 6.97. The average molecular weight is 457 g/mol. The molecule has 0 bridgehead atoms. The van der Waals surface area contributed by atoms with Crippen molar-refractivity contribution in [3.05, 3.63) is 47.2 Å². The van der Waals surface area contributed by atoms with Crippen LogP contribution in [0.5, 0.6) is 28.7 Å². The molecule has 1 amide bonds. The largest absolute Gasteiger partial charge is 0.493 e. The molecular weight excluding hydrogens is 434 g/mol. The molecule has 2 aromatic rings. The van der Waals surface area contributed by atoms with Crippen molar-refractivity contribution in [1.82, 2.24) is 5.32 Å². The Morgan fingerprint density at radius 1 is 1.09 bits per heavy atom. The van der Waals surface area contributed by atoms with Crippen molar-refractivity contribution < 1.29 is 43.2 Å². The van der Waals surface area contributed by atoms with Crippen LogP contribution < -0.4 is 29.0 Å². The van der Waals surface area contributed by atoms with Crippen molar-refractivity contribution in [1.29, 1.82) is 0 Å². The highest BCUT2D eigenvalue weighted by atomic mass is 16.5. The van der Waals surface area contributed by atoms with Crippen molar-refractivity contribution >= 4 is 23.7 Å². The van der Waals surface area contributed by atoms with Gasteiger partial charge in [-0.3, -0.25) is 14.4 Å². The van der Waals surface area contributed by atoms with Crippen LogP contribution >= 0.6 is 0 Å². The van der Waals surface area contributed by atoms with E-state index in [-0.39, 0.29) is 23.0 Å². The Labute approximate surface area is 189 Å². The van der Waals surface area contributed by atoms with Gasteiger partial charge in [-0.25, -0.2) is 0 Å². The summed E-state index contributed by atoms with van der Waals surface area (Å²) < 4.78 is 27.1. The van der Waals surface area contributed by atoms with Crippen molar-refractivity contribution in [2.24, 2.45) is 0 Å². The summed E-state index contributed by atoms with van der Waals surface area (Å²) in [6.45, 7) is 0.954. The van der Waals surface area contributed by atoms with Gasteiger partial charge >= 0.3 is 5.97 Å². The molecule has 33 heavy (non-hydrogen) atoms. The zero-order valence-electron chi connectivity index (χ0n) is 18.5. The smallest absolute Gasteiger partial charge is 0.325 e. The first-order valence-corrected chi connectivity index (χ1v) is 9.80. The predicted octanol–water partition coefficient (Wildman–Crippen LogP) is 2.30. The van der Waals surface area contributed by atoms with Crippen molar-refractivity contribution in [2.75, 3.05) is 27.9 Å². The summed E-state index contributed by atoms with van der Waals surface area (Å²) in [7, 11) is 4.48. The molecule has 1 aliphatic rings. The number of ketones is 1. The molecule has 0 aliphatic carbocycles. The molecule has 1 atom stereocenters. The predicted molar refractivity (Wildman–Crippen MR) is 116 cm³/mol. The van der Waals surface area contributed by atoms with Gasteiger partial charge in [0.05, 0.1) is 26.9 Å². The Morgan fingerprint density at radius 3 is 2.33 bits per heavy atom. The molecular formula is C23H23NO9. The molecule has 2 aromatic carbocycles. The second-order valence-electron chi connectivity index (χ2n) is 6.97. The first-order valence-electron chi connectivity index (χ1n) is 9.80. The summed E-state index contributed by atoms with van der Waals surface area (Å²) in [5.74, 6) is -0.139. The standard InChI is InChI=1S/C23H23NO9/c1-12(23(27)28)24-20(25)11-32-14-5-6-15-16(10-14)33-17(21(15)26)7-13-8-18(29-2)22(31-4)19(9-13)30-3/h5-10,12H,11H2,1-4H3,(H,24,25)(H,27,28)/t12-/m0/s1. The molecule has 0 radical (unpaired) electrons. The number of nitrogens with one attached hydrogen (secondary N) is 1. The van der Waals surface area contributed by atoms with Gasteiger partial charge in [-0.2, -0.15) is 0 Å². The zero-order valence-corrected chi connectivity index (χ0v) is 18.5. The van der Waals surface area contributed by atoms with Gasteiger partial charge in [0.1, 0.15) is 17.5 Å². The third-order valence-corrected chi connectivity index (χ3v) is 4.74. The maximum absolute atomic E-state index is 12.8. The number of carboxylic acid groups (broad SMARTS) is 1. The number of amides is 1. The van der Waals surface area contributed by atoms with Gasteiger partial charge in [0.15, 0.2) is 23.9 Å². The maximum Gasteiger partial charge on any atom is 0.325 e.